The molecular formula is C11H13BrN2O2. The Morgan fingerprint density at radius 1 is 1.12 bits per heavy atom. The minimum Gasteiger partial charge on any atom is -0.324 e. The van der Waals surface area contributed by atoms with Crippen molar-refractivity contribution < 1.29 is 9.59 Å². The van der Waals surface area contributed by atoms with E-state index in [4.69, 9.17) is 0 Å². The van der Waals surface area contributed by atoms with E-state index in [-0.39, 0.29) is 17.1 Å². The summed E-state index contributed by atoms with van der Waals surface area (Å²) in [5, 5.41) is 5.64. The lowest BCUT2D eigenvalue weighted by molar-refractivity contribution is -0.116. The molecule has 0 saturated carbocycles. The molecular weight excluding hydrogens is 272 g/mol. The maximum atomic E-state index is 11.3. The fourth-order valence-corrected chi connectivity index (χ4v) is 1.26. The highest BCUT2D eigenvalue weighted by molar-refractivity contribution is 9.09. The second-order valence-electron chi connectivity index (χ2n) is 3.13. The van der Waals surface area contributed by atoms with Gasteiger partial charge in [0.25, 0.3) is 0 Å². The van der Waals surface area contributed by atoms with Crippen LogP contribution >= 0.6 is 15.9 Å². The van der Waals surface area contributed by atoms with E-state index in [9.17, 15) is 9.59 Å². The number of carbonyl (C=O) groups is 2. The Hall–Kier alpha value is -1.36. The first-order valence-electron chi connectivity index (χ1n) is 4.92. The first-order chi connectivity index (χ1) is 7.67. The van der Waals surface area contributed by atoms with Crippen molar-refractivity contribution >= 4 is 39.1 Å². The molecule has 0 aliphatic carbocycles. The molecule has 2 amide bonds. The van der Waals surface area contributed by atoms with Crippen LogP contribution in [0.4, 0.5) is 11.4 Å². The van der Waals surface area contributed by atoms with Crippen molar-refractivity contribution in [1.82, 2.24) is 0 Å². The molecule has 0 saturated heterocycles. The van der Waals surface area contributed by atoms with Crippen LogP contribution in [0.2, 0.25) is 0 Å². The molecule has 0 bridgehead atoms. The molecule has 0 aliphatic rings. The van der Waals surface area contributed by atoms with Gasteiger partial charge in [0.15, 0.2) is 0 Å². The normalized spacial score (nSPS) is 9.62. The van der Waals surface area contributed by atoms with Gasteiger partial charge in [-0.25, -0.2) is 0 Å². The zero-order valence-electron chi connectivity index (χ0n) is 8.92. The smallest absolute Gasteiger partial charge is 0.235 e. The summed E-state index contributed by atoms with van der Waals surface area (Å²) in [6.07, 6.45) is 0.403. The van der Waals surface area contributed by atoms with Gasteiger partial charge in [0, 0.05) is 6.42 Å². The monoisotopic (exact) mass is 284 g/mol. The Kier molecular flexibility index (Phi) is 4.98. The minimum atomic E-state index is -0.154. The number of benzene rings is 1. The molecule has 5 heteroatoms. The van der Waals surface area contributed by atoms with Crippen LogP contribution in [0.5, 0.6) is 0 Å². The molecule has 4 nitrogen and oxygen atoms in total. The van der Waals surface area contributed by atoms with Gasteiger partial charge < -0.3 is 10.6 Å². The Morgan fingerprint density at radius 2 is 1.62 bits per heavy atom. The minimum absolute atomic E-state index is 0.0828. The van der Waals surface area contributed by atoms with E-state index >= 15 is 0 Å². The van der Waals surface area contributed by atoms with Crippen molar-refractivity contribution in [2.24, 2.45) is 0 Å². The third-order valence-electron chi connectivity index (χ3n) is 1.92. The summed E-state index contributed by atoms with van der Waals surface area (Å²) in [5.74, 6) is -0.237. The topological polar surface area (TPSA) is 58.2 Å². The Bertz CT molecular complexity index is 356. The summed E-state index contributed by atoms with van der Waals surface area (Å²) in [7, 11) is 0. The van der Waals surface area contributed by atoms with E-state index in [1.165, 1.54) is 0 Å². The van der Waals surface area contributed by atoms with Crippen LogP contribution < -0.4 is 10.6 Å². The molecule has 1 aromatic carbocycles. The van der Waals surface area contributed by atoms with E-state index in [2.05, 4.69) is 26.6 Å². The number of amides is 2. The molecule has 1 aromatic rings. The number of halogens is 1. The summed E-state index contributed by atoms with van der Waals surface area (Å²) in [6.45, 7) is 1.77. The third-order valence-corrected chi connectivity index (χ3v) is 2.43. The maximum absolute atomic E-state index is 11.3. The molecule has 0 heterocycles. The van der Waals surface area contributed by atoms with E-state index in [1.807, 2.05) is 0 Å². The van der Waals surface area contributed by atoms with Crippen molar-refractivity contribution in [3.05, 3.63) is 24.3 Å². The maximum Gasteiger partial charge on any atom is 0.235 e. The standard InChI is InChI=1S/C11H13BrN2O2/c1-2-10(15)13-8-5-3-4-6-9(8)14-11(16)7-12/h3-6H,2,7H2,1H3,(H,13,15)(H,14,16). The molecule has 0 atom stereocenters. The summed E-state index contributed by atoms with van der Waals surface area (Å²) in [6, 6.07) is 7.09. The van der Waals surface area contributed by atoms with E-state index in [0.29, 0.717) is 17.8 Å². The molecule has 0 spiro atoms. The molecule has 0 aromatic heterocycles. The van der Waals surface area contributed by atoms with Gasteiger partial charge in [0.1, 0.15) is 0 Å². The summed E-state index contributed by atoms with van der Waals surface area (Å²) in [5.41, 5.74) is 1.22. The summed E-state index contributed by atoms with van der Waals surface area (Å²) >= 11 is 3.06. The SMILES string of the molecule is CCC(=O)Nc1ccccc1NC(=O)CBr. The summed E-state index contributed by atoms with van der Waals surface area (Å²) in [4.78, 5) is 22.5. The van der Waals surface area contributed by atoms with Crippen molar-refractivity contribution in [2.45, 2.75) is 13.3 Å². The van der Waals surface area contributed by atoms with Crippen molar-refractivity contribution in [2.75, 3.05) is 16.0 Å². The molecule has 16 heavy (non-hydrogen) atoms. The van der Waals surface area contributed by atoms with Crippen LogP contribution in [0.25, 0.3) is 0 Å². The zero-order valence-corrected chi connectivity index (χ0v) is 10.5. The average Bonchev–Trinajstić information content (AvgIpc) is 2.31. The number of anilines is 2. The van der Waals surface area contributed by atoms with Crippen molar-refractivity contribution in [1.29, 1.82) is 0 Å². The lowest BCUT2D eigenvalue weighted by atomic mass is 10.2. The summed E-state index contributed by atoms with van der Waals surface area (Å²) < 4.78 is 0. The van der Waals surface area contributed by atoms with E-state index in [1.54, 1.807) is 31.2 Å². The third kappa shape index (κ3) is 3.66. The number of para-hydroxylation sites is 2. The highest BCUT2D eigenvalue weighted by atomic mass is 79.9. The van der Waals surface area contributed by atoms with Crippen LogP contribution in [0.3, 0.4) is 0 Å². The van der Waals surface area contributed by atoms with Crippen LogP contribution in [0.1, 0.15) is 13.3 Å². The van der Waals surface area contributed by atoms with Gasteiger partial charge in [-0.2, -0.15) is 0 Å². The lowest BCUT2D eigenvalue weighted by Gasteiger charge is -2.10. The predicted molar refractivity (Wildman–Crippen MR) is 67.8 cm³/mol. The highest BCUT2D eigenvalue weighted by Gasteiger charge is 2.06. The molecule has 86 valence electrons. The number of hydrogen-bond acceptors (Lipinski definition) is 2. The zero-order chi connectivity index (χ0) is 12.0. The Balaban J connectivity index is 2.83. The fraction of sp³-hybridized carbons (Fsp3) is 0.273. The van der Waals surface area contributed by atoms with Crippen molar-refractivity contribution in [3.8, 4) is 0 Å². The number of rotatable bonds is 4. The number of hydrogen-bond donors (Lipinski definition) is 2. The van der Waals surface area contributed by atoms with Crippen LogP contribution in [0.15, 0.2) is 24.3 Å². The number of carbonyl (C=O) groups excluding carboxylic acids is 2. The van der Waals surface area contributed by atoms with E-state index < -0.39 is 0 Å². The van der Waals surface area contributed by atoms with Crippen LogP contribution in [-0.2, 0) is 9.59 Å². The number of nitrogens with one attached hydrogen (secondary N) is 2. The first kappa shape index (κ1) is 12.7. The van der Waals surface area contributed by atoms with Gasteiger partial charge in [0.2, 0.25) is 11.8 Å². The van der Waals surface area contributed by atoms with Gasteiger partial charge in [-0.05, 0) is 12.1 Å². The highest BCUT2D eigenvalue weighted by Crippen LogP contribution is 2.21. The van der Waals surface area contributed by atoms with Crippen LogP contribution in [-0.4, -0.2) is 17.1 Å². The quantitative estimate of drug-likeness (QED) is 0.834. The van der Waals surface area contributed by atoms with Gasteiger partial charge >= 0.3 is 0 Å². The van der Waals surface area contributed by atoms with Crippen LogP contribution in [0, 0.1) is 0 Å². The average molecular weight is 285 g/mol. The van der Waals surface area contributed by atoms with Gasteiger partial charge in [-0.15, -0.1) is 0 Å². The first-order valence-corrected chi connectivity index (χ1v) is 6.04. The molecule has 0 aliphatic heterocycles. The Morgan fingerprint density at radius 3 is 2.06 bits per heavy atom. The predicted octanol–water partition coefficient (Wildman–Crippen LogP) is 2.37. The Labute approximate surface area is 103 Å². The second-order valence-corrected chi connectivity index (χ2v) is 3.69. The van der Waals surface area contributed by atoms with Crippen molar-refractivity contribution in [3.63, 3.8) is 0 Å². The van der Waals surface area contributed by atoms with E-state index in [0.717, 1.165) is 0 Å². The number of alkyl halides is 1. The molecule has 0 fully saturated rings. The second kappa shape index (κ2) is 6.27. The molecule has 1 rings (SSSR count). The van der Waals surface area contributed by atoms with Gasteiger partial charge in [0.05, 0.1) is 16.7 Å². The molecule has 0 radical (unpaired) electrons. The van der Waals surface area contributed by atoms with Gasteiger partial charge in [-0.3, -0.25) is 9.59 Å². The fourth-order valence-electron chi connectivity index (χ4n) is 1.12. The largest absolute Gasteiger partial charge is 0.324 e. The molecule has 0 unspecified atom stereocenters. The molecule has 2 N–H and O–H groups in total. The van der Waals surface area contributed by atoms with Gasteiger partial charge in [-0.1, -0.05) is 35.0 Å². The lowest BCUT2D eigenvalue weighted by Crippen LogP contribution is -2.16.